The average molecular weight is 316 g/mol. The van der Waals surface area contributed by atoms with Crippen LogP contribution in [0.2, 0.25) is 0 Å². The number of rotatable bonds is 5. The van der Waals surface area contributed by atoms with Crippen LogP contribution in [0.4, 0.5) is 0 Å². The Bertz CT molecular complexity index is 710. The number of hydrogen-bond donors (Lipinski definition) is 2. The Balaban J connectivity index is 1.86. The Hall–Kier alpha value is -3.02. The molecule has 23 heavy (non-hydrogen) atoms. The number of phenolic OH excluding ortho intramolecular Hbond substituents is 2. The quantitative estimate of drug-likeness (QED) is 0.823. The van der Waals surface area contributed by atoms with Crippen LogP contribution >= 0.6 is 0 Å². The van der Waals surface area contributed by atoms with Crippen LogP contribution in [0.25, 0.3) is 0 Å². The molecule has 2 rings (SSSR count). The molecular formula is C17H16O6. The lowest BCUT2D eigenvalue weighted by molar-refractivity contribution is 0.00445. The minimum absolute atomic E-state index is 0.0391. The predicted molar refractivity (Wildman–Crippen MR) is 81.4 cm³/mol. The molecule has 0 aliphatic heterocycles. The second kappa shape index (κ2) is 7.31. The number of ether oxygens (including phenoxy) is 2. The molecule has 0 heterocycles. The van der Waals surface area contributed by atoms with Crippen LogP contribution < -0.4 is 0 Å². The lowest BCUT2D eigenvalue weighted by Gasteiger charge is -2.14. The van der Waals surface area contributed by atoms with Crippen LogP contribution in [0.5, 0.6) is 11.5 Å². The van der Waals surface area contributed by atoms with Crippen LogP contribution in [0.3, 0.4) is 0 Å². The molecule has 2 N–H and O–H groups in total. The van der Waals surface area contributed by atoms with Gasteiger partial charge in [-0.1, -0.05) is 12.1 Å². The van der Waals surface area contributed by atoms with Crippen molar-refractivity contribution in [3.05, 3.63) is 59.7 Å². The topological polar surface area (TPSA) is 93.1 Å². The summed E-state index contributed by atoms with van der Waals surface area (Å²) in [5, 5.41) is 18.6. The fourth-order valence-electron chi connectivity index (χ4n) is 1.83. The van der Waals surface area contributed by atoms with Gasteiger partial charge in [0.25, 0.3) is 0 Å². The lowest BCUT2D eigenvalue weighted by Crippen LogP contribution is -2.22. The second-order valence-corrected chi connectivity index (χ2v) is 4.92. The SMILES string of the molecule is CC(COC(=O)c1cccc(O)c1)OC(=O)c1cccc(O)c1. The van der Waals surface area contributed by atoms with E-state index in [-0.39, 0.29) is 29.2 Å². The van der Waals surface area contributed by atoms with Gasteiger partial charge < -0.3 is 19.7 Å². The summed E-state index contributed by atoms with van der Waals surface area (Å²) in [5.74, 6) is -1.33. The minimum atomic E-state index is -0.661. The Morgan fingerprint density at radius 1 is 0.957 bits per heavy atom. The van der Waals surface area contributed by atoms with Crippen LogP contribution in [-0.2, 0) is 9.47 Å². The largest absolute Gasteiger partial charge is 0.508 e. The minimum Gasteiger partial charge on any atom is -0.508 e. The van der Waals surface area contributed by atoms with E-state index in [4.69, 9.17) is 9.47 Å². The Kier molecular flexibility index (Phi) is 5.19. The maximum atomic E-state index is 11.9. The zero-order valence-corrected chi connectivity index (χ0v) is 12.4. The Morgan fingerprint density at radius 2 is 1.48 bits per heavy atom. The van der Waals surface area contributed by atoms with Gasteiger partial charge in [-0.3, -0.25) is 0 Å². The Morgan fingerprint density at radius 3 is 2.00 bits per heavy atom. The van der Waals surface area contributed by atoms with Gasteiger partial charge in [-0.05, 0) is 43.3 Å². The number of esters is 2. The molecule has 0 spiro atoms. The molecule has 0 saturated heterocycles. The van der Waals surface area contributed by atoms with E-state index >= 15 is 0 Å². The van der Waals surface area contributed by atoms with Gasteiger partial charge in [0.05, 0.1) is 11.1 Å². The number of carbonyl (C=O) groups excluding carboxylic acids is 2. The second-order valence-electron chi connectivity index (χ2n) is 4.92. The van der Waals surface area contributed by atoms with Gasteiger partial charge in [0.1, 0.15) is 24.2 Å². The van der Waals surface area contributed by atoms with Crippen molar-refractivity contribution in [3.8, 4) is 11.5 Å². The van der Waals surface area contributed by atoms with E-state index in [0.717, 1.165) is 0 Å². The number of hydrogen-bond acceptors (Lipinski definition) is 6. The molecule has 6 heteroatoms. The molecule has 0 aliphatic rings. The van der Waals surface area contributed by atoms with Crippen molar-refractivity contribution in [2.45, 2.75) is 13.0 Å². The molecule has 2 aromatic rings. The van der Waals surface area contributed by atoms with Crippen molar-refractivity contribution in [1.29, 1.82) is 0 Å². The van der Waals surface area contributed by atoms with Crippen molar-refractivity contribution in [2.75, 3.05) is 6.61 Å². The van der Waals surface area contributed by atoms with Crippen molar-refractivity contribution in [3.63, 3.8) is 0 Å². The Labute approximate surface area is 132 Å². The van der Waals surface area contributed by atoms with Gasteiger partial charge in [0, 0.05) is 0 Å². The molecule has 0 aliphatic carbocycles. The van der Waals surface area contributed by atoms with Crippen LogP contribution in [0.15, 0.2) is 48.5 Å². The first kappa shape index (κ1) is 16.4. The predicted octanol–water partition coefficient (Wildman–Crippen LogP) is 2.50. The zero-order chi connectivity index (χ0) is 16.8. The molecule has 0 aromatic heterocycles. The van der Waals surface area contributed by atoms with E-state index in [0.29, 0.717) is 0 Å². The van der Waals surface area contributed by atoms with Crippen molar-refractivity contribution in [2.24, 2.45) is 0 Å². The summed E-state index contributed by atoms with van der Waals surface area (Å²) in [7, 11) is 0. The maximum absolute atomic E-state index is 11.9. The van der Waals surface area contributed by atoms with E-state index in [1.165, 1.54) is 48.5 Å². The molecule has 0 radical (unpaired) electrons. The molecule has 0 fully saturated rings. The van der Waals surface area contributed by atoms with Gasteiger partial charge in [-0.15, -0.1) is 0 Å². The van der Waals surface area contributed by atoms with Crippen molar-refractivity contribution >= 4 is 11.9 Å². The van der Waals surface area contributed by atoms with Crippen LogP contribution in [0, 0.1) is 0 Å². The van der Waals surface area contributed by atoms with Crippen molar-refractivity contribution < 1.29 is 29.3 Å². The number of aromatic hydroxyl groups is 2. The lowest BCUT2D eigenvalue weighted by atomic mass is 10.2. The third-order valence-electron chi connectivity index (χ3n) is 2.92. The average Bonchev–Trinajstić information content (AvgIpc) is 2.52. The smallest absolute Gasteiger partial charge is 0.338 e. The molecule has 0 amide bonds. The summed E-state index contributed by atoms with van der Waals surface area (Å²) in [4.78, 5) is 23.7. The van der Waals surface area contributed by atoms with Gasteiger partial charge in [-0.25, -0.2) is 9.59 Å². The summed E-state index contributed by atoms with van der Waals surface area (Å²) in [6.45, 7) is 1.45. The summed E-state index contributed by atoms with van der Waals surface area (Å²) in [6.07, 6.45) is -0.661. The fourth-order valence-corrected chi connectivity index (χ4v) is 1.83. The first-order valence-corrected chi connectivity index (χ1v) is 6.92. The summed E-state index contributed by atoms with van der Waals surface area (Å²) in [5.41, 5.74) is 0.410. The van der Waals surface area contributed by atoms with Crippen LogP contribution in [-0.4, -0.2) is 34.9 Å². The summed E-state index contributed by atoms with van der Waals surface area (Å²) < 4.78 is 10.2. The standard InChI is InChI=1S/C17H16O6/c1-11(23-17(21)13-5-3-7-15(19)9-13)10-22-16(20)12-4-2-6-14(18)8-12/h2-9,11,18-19H,10H2,1H3. The first-order valence-electron chi connectivity index (χ1n) is 6.92. The highest BCUT2D eigenvalue weighted by Gasteiger charge is 2.15. The normalized spacial score (nSPS) is 11.5. The van der Waals surface area contributed by atoms with E-state index in [1.54, 1.807) is 6.92 Å². The van der Waals surface area contributed by atoms with Crippen molar-refractivity contribution in [1.82, 2.24) is 0 Å². The highest BCUT2D eigenvalue weighted by Crippen LogP contribution is 2.14. The van der Waals surface area contributed by atoms with E-state index in [1.807, 2.05) is 0 Å². The van der Waals surface area contributed by atoms with Crippen LogP contribution in [0.1, 0.15) is 27.6 Å². The highest BCUT2D eigenvalue weighted by atomic mass is 16.6. The molecule has 2 aromatic carbocycles. The summed E-state index contributed by atoms with van der Waals surface area (Å²) in [6, 6.07) is 11.5. The highest BCUT2D eigenvalue weighted by molar-refractivity contribution is 5.90. The molecule has 0 saturated carbocycles. The van der Waals surface area contributed by atoms with Gasteiger partial charge in [-0.2, -0.15) is 0 Å². The number of benzene rings is 2. The number of carbonyl (C=O) groups is 2. The zero-order valence-electron chi connectivity index (χ0n) is 12.4. The monoisotopic (exact) mass is 316 g/mol. The van der Waals surface area contributed by atoms with Gasteiger partial charge in [0.2, 0.25) is 0 Å². The molecule has 0 bridgehead atoms. The van der Waals surface area contributed by atoms with Gasteiger partial charge in [0.15, 0.2) is 0 Å². The third-order valence-corrected chi connectivity index (χ3v) is 2.92. The first-order chi connectivity index (χ1) is 11.0. The van der Waals surface area contributed by atoms with E-state index in [2.05, 4.69) is 0 Å². The van der Waals surface area contributed by atoms with E-state index < -0.39 is 18.0 Å². The van der Waals surface area contributed by atoms with Gasteiger partial charge >= 0.3 is 11.9 Å². The maximum Gasteiger partial charge on any atom is 0.338 e. The fraction of sp³-hybridized carbons (Fsp3) is 0.176. The molecule has 1 unspecified atom stereocenters. The molecule has 6 nitrogen and oxygen atoms in total. The molecule has 1 atom stereocenters. The number of phenols is 2. The molecular weight excluding hydrogens is 300 g/mol. The molecule has 120 valence electrons. The summed E-state index contributed by atoms with van der Waals surface area (Å²) >= 11 is 0. The van der Waals surface area contributed by atoms with E-state index in [9.17, 15) is 19.8 Å². The third kappa shape index (κ3) is 4.74.